The second-order valence-corrected chi connectivity index (χ2v) is 8.83. The van der Waals surface area contributed by atoms with Gasteiger partial charge in [0.25, 0.3) is 5.56 Å². The van der Waals surface area contributed by atoms with Crippen LogP contribution in [0.5, 0.6) is 11.6 Å². The van der Waals surface area contributed by atoms with Gasteiger partial charge >= 0.3 is 6.18 Å². The van der Waals surface area contributed by atoms with Gasteiger partial charge in [-0.1, -0.05) is 12.1 Å². The zero-order valence-corrected chi connectivity index (χ0v) is 20.4. The fourth-order valence-corrected chi connectivity index (χ4v) is 4.34. The first-order chi connectivity index (χ1) is 19.6. The van der Waals surface area contributed by atoms with E-state index in [9.17, 15) is 31.1 Å². The summed E-state index contributed by atoms with van der Waals surface area (Å²) in [6.45, 7) is -0.450. The molecule has 0 unspecified atom stereocenters. The number of nitrogens with zero attached hydrogens (tertiary/aromatic N) is 4. The summed E-state index contributed by atoms with van der Waals surface area (Å²) in [5.41, 5.74) is -2.13. The minimum Gasteiger partial charge on any atom is -0.438 e. The van der Waals surface area contributed by atoms with Crippen molar-refractivity contribution in [3.63, 3.8) is 0 Å². The van der Waals surface area contributed by atoms with Crippen LogP contribution in [0.1, 0.15) is 11.1 Å². The van der Waals surface area contributed by atoms with Crippen LogP contribution in [0, 0.1) is 17.5 Å². The first-order valence-electron chi connectivity index (χ1n) is 11.8. The molecule has 13 heteroatoms. The van der Waals surface area contributed by atoms with Crippen LogP contribution in [-0.2, 0) is 12.7 Å². The Kier molecular flexibility index (Phi) is 6.20. The standard InChI is InChI=1S/C28H14F6N4O3/c29-14-9-19(30)18(20(31)10-14)12-38-13-36-25(39)17-11-15(5-6-22(17)38)40-27-24(28(32,33)34)16(7-8-35-27)26-37-21-3-1-2-4-23(21)41-26/h1-11,13H,12H2. The summed E-state index contributed by atoms with van der Waals surface area (Å²) < 4.78 is 96.9. The molecule has 0 bridgehead atoms. The molecule has 0 saturated carbocycles. The van der Waals surface area contributed by atoms with E-state index in [1.165, 1.54) is 16.7 Å². The van der Waals surface area contributed by atoms with Gasteiger partial charge in [0.05, 0.1) is 29.3 Å². The van der Waals surface area contributed by atoms with Gasteiger partial charge in [0, 0.05) is 23.9 Å². The van der Waals surface area contributed by atoms with Crippen molar-refractivity contribution in [1.29, 1.82) is 0 Å². The van der Waals surface area contributed by atoms with Crippen LogP contribution in [-0.4, -0.2) is 19.5 Å². The maximum Gasteiger partial charge on any atom is 0.422 e. The van der Waals surface area contributed by atoms with Gasteiger partial charge in [0.2, 0.25) is 11.8 Å². The van der Waals surface area contributed by atoms with Crippen LogP contribution in [0.4, 0.5) is 26.3 Å². The van der Waals surface area contributed by atoms with Crippen LogP contribution in [0.3, 0.4) is 0 Å². The highest BCUT2D eigenvalue weighted by Gasteiger charge is 2.40. The van der Waals surface area contributed by atoms with Crippen LogP contribution in [0.2, 0.25) is 0 Å². The third-order valence-corrected chi connectivity index (χ3v) is 6.19. The molecule has 0 amide bonds. The number of ether oxygens (including phenoxy) is 1. The predicted octanol–water partition coefficient (Wildman–Crippen LogP) is 6.88. The second-order valence-electron chi connectivity index (χ2n) is 8.83. The van der Waals surface area contributed by atoms with E-state index < -0.39 is 58.3 Å². The van der Waals surface area contributed by atoms with Gasteiger partial charge in [-0.15, -0.1) is 0 Å². The summed E-state index contributed by atoms with van der Waals surface area (Å²) in [6.07, 6.45) is -2.80. The number of oxazole rings is 1. The van der Waals surface area contributed by atoms with Crippen LogP contribution >= 0.6 is 0 Å². The number of hydrogen-bond acceptors (Lipinski definition) is 6. The summed E-state index contributed by atoms with van der Waals surface area (Å²) in [5, 5.41) is -0.114. The van der Waals surface area contributed by atoms with E-state index in [1.807, 2.05) is 0 Å². The lowest BCUT2D eigenvalue weighted by molar-refractivity contribution is -0.138. The first kappa shape index (κ1) is 26.0. The molecule has 41 heavy (non-hydrogen) atoms. The zero-order valence-electron chi connectivity index (χ0n) is 20.4. The van der Waals surface area contributed by atoms with Gasteiger partial charge in [0.15, 0.2) is 5.58 Å². The SMILES string of the molecule is O=c1ncn(Cc2c(F)cc(F)cc2F)c2ccc(Oc3nccc(-c4nc5ccccc5o4)c3C(F)(F)F)cc12. The van der Waals surface area contributed by atoms with E-state index in [0.717, 1.165) is 24.7 Å². The van der Waals surface area contributed by atoms with Gasteiger partial charge in [-0.25, -0.2) is 23.1 Å². The molecule has 0 atom stereocenters. The maximum absolute atomic E-state index is 14.3. The molecule has 3 heterocycles. The largest absolute Gasteiger partial charge is 0.438 e. The summed E-state index contributed by atoms with van der Waals surface area (Å²) in [4.78, 5) is 24.1. The average Bonchev–Trinajstić information content (AvgIpc) is 3.36. The van der Waals surface area contributed by atoms with Crippen molar-refractivity contribution in [2.24, 2.45) is 0 Å². The molecule has 7 nitrogen and oxygen atoms in total. The van der Waals surface area contributed by atoms with Gasteiger partial charge < -0.3 is 13.7 Å². The zero-order chi connectivity index (χ0) is 28.9. The Morgan fingerprint density at radius 3 is 2.41 bits per heavy atom. The van der Waals surface area contributed by atoms with Crippen molar-refractivity contribution < 1.29 is 35.5 Å². The van der Waals surface area contributed by atoms with E-state index >= 15 is 0 Å². The molecule has 3 aromatic heterocycles. The maximum atomic E-state index is 14.3. The Morgan fingerprint density at radius 1 is 0.927 bits per heavy atom. The van der Waals surface area contributed by atoms with Gasteiger partial charge in [0.1, 0.15) is 34.3 Å². The smallest absolute Gasteiger partial charge is 0.422 e. The number of aromatic nitrogens is 4. The van der Waals surface area contributed by atoms with Gasteiger partial charge in [-0.2, -0.15) is 18.2 Å². The molecular formula is C28H14F6N4O3. The van der Waals surface area contributed by atoms with E-state index in [0.29, 0.717) is 17.6 Å². The third kappa shape index (κ3) is 4.86. The Bertz CT molecular complexity index is 1960. The Balaban J connectivity index is 1.41. The molecule has 0 fully saturated rings. The van der Waals surface area contributed by atoms with Crippen LogP contribution < -0.4 is 10.3 Å². The Labute approximate surface area is 225 Å². The highest BCUT2D eigenvalue weighted by atomic mass is 19.4. The minimum absolute atomic E-state index is 0.114. The number of alkyl halides is 3. The molecule has 0 spiro atoms. The van der Waals surface area contributed by atoms with Crippen molar-refractivity contribution in [3.8, 4) is 23.1 Å². The van der Waals surface area contributed by atoms with Crippen LogP contribution in [0.15, 0.2) is 82.4 Å². The molecule has 206 valence electrons. The number of hydrogen-bond donors (Lipinski definition) is 0. The quantitative estimate of drug-likeness (QED) is 0.211. The molecule has 0 saturated heterocycles. The molecule has 3 aromatic carbocycles. The van der Waals surface area contributed by atoms with Crippen LogP contribution in [0.25, 0.3) is 33.5 Å². The Hall–Kier alpha value is -5.20. The lowest BCUT2D eigenvalue weighted by Crippen LogP contribution is -2.15. The summed E-state index contributed by atoms with van der Waals surface area (Å²) >= 11 is 0. The van der Waals surface area contributed by atoms with Gasteiger partial charge in [-0.3, -0.25) is 4.79 Å². The van der Waals surface area contributed by atoms with Crippen molar-refractivity contribution in [1.82, 2.24) is 19.5 Å². The molecule has 0 N–H and O–H groups in total. The molecule has 0 aliphatic rings. The highest BCUT2D eigenvalue weighted by Crippen LogP contribution is 2.43. The highest BCUT2D eigenvalue weighted by molar-refractivity contribution is 5.80. The first-order valence-corrected chi connectivity index (χ1v) is 11.8. The lowest BCUT2D eigenvalue weighted by atomic mass is 10.1. The number of benzene rings is 3. The normalized spacial score (nSPS) is 11.9. The second kappa shape index (κ2) is 9.77. The van der Waals surface area contributed by atoms with E-state index in [2.05, 4.69) is 15.0 Å². The van der Waals surface area contributed by atoms with E-state index in [4.69, 9.17) is 9.15 Å². The van der Waals surface area contributed by atoms with Gasteiger partial charge in [-0.05, 0) is 36.4 Å². The van der Waals surface area contributed by atoms with Crippen molar-refractivity contribution in [2.75, 3.05) is 0 Å². The summed E-state index contributed by atoms with van der Waals surface area (Å²) in [6, 6.07) is 12.3. The fraction of sp³-hybridized carbons (Fsp3) is 0.0714. The summed E-state index contributed by atoms with van der Waals surface area (Å²) in [5.74, 6) is -4.69. The number of rotatable bonds is 5. The van der Waals surface area contributed by atoms with Crippen molar-refractivity contribution in [3.05, 3.63) is 112 Å². The topological polar surface area (TPSA) is 83.0 Å². The minimum atomic E-state index is -4.94. The molecule has 6 aromatic rings. The van der Waals surface area contributed by atoms with E-state index in [-0.39, 0.29) is 28.1 Å². The third-order valence-electron chi connectivity index (χ3n) is 6.19. The number of para-hydroxylation sites is 2. The monoisotopic (exact) mass is 568 g/mol. The Morgan fingerprint density at radius 2 is 1.68 bits per heavy atom. The molecular weight excluding hydrogens is 554 g/mol. The van der Waals surface area contributed by atoms with Crippen molar-refractivity contribution >= 4 is 22.0 Å². The molecule has 0 aliphatic carbocycles. The molecule has 0 aliphatic heterocycles. The van der Waals surface area contributed by atoms with Crippen molar-refractivity contribution in [2.45, 2.75) is 12.7 Å². The average molecular weight is 568 g/mol. The predicted molar refractivity (Wildman–Crippen MR) is 134 cm³/mol. The molecule has 0 radical (unpaired) electrons. The number of pyridine rings is 1. The number of halogens is 6. The fourth-order valence-electron chi connectivity index (χ4n) is 4.34. The van der Waals surface area contributed by atoms with E-state index in [1.54, 1.807) is 24.3 Å². The number of fused-ring (bicyclic) bond motifs is 2. The summed E-state index contributed by atoms with van der Waals surface area (Å²) in [7, 11) is 0. The lowest BCUT2D eigenvalue weighted by Gasteiger charge is -2.16. The molecule has 6 rings (SSSR count).